The third-order valence-electron chi connectivity index (χ3n) is 13.9. The standard InChI is InChI=1S/C27H28N4O3S.C25H23N5O2.C2H6/c1-4-33-27-30-21(14-35-27)17-10-9-15(2)11-18(17)25(32)31-13-19-16(3)24(19)22(31)12-28-26-29-20-7-5-6-8-23(20)34-26;1-15-8-9-17(20-6-4-10-27-29-20)19(11-15)24(31)30-14-16-12-18(16)22(30)13-26-25-28-21-5-2-3-7-23(21)32-25;1-2/h5-11,14,16,19,22,24H,4,12-13H2,1-3H3,(H,28,29);2-11,16,18,22H,12-14H2,1H3,(H,26,28);1-2H3/t16?,19?,22-,24?;16?,18-,22-;/m11./s1. The fourth-order valence-corrected chi connectivity index (χ4v) is 11.1. The van der Waals surface area contributed by atoms with Crippen molar-refractivity contribution in [2.45, 2.75) is 60.0 Å². The molecule has 7 atom stereocenters. The number of ether oxygens (including phenoxy) is 1. The smallest absolute Gasteiger partial charge is 0.295 e. The predicted octanol–water partition coefficient (Wildman–Crippen LogP) is 10.7. The number of hydrogen-bond acceptors (Lipinski definition) is 13. The van der Waals surface area contributed by atoms with Gasteiger partial charge in [0.15, 0.2) is 11.2 Å². The minimum Gasteiger partial charge on any atom is -0.470 e. The normalized spacial score (nSPS) is 21.7. The van der Waals surface area contributed by atoms with Gasteiger partial charge in [-0.1, -0.05) is 91.8 Å². The van der Waals surface area contributed by atoms with E-state index in [2.05, 4.69) is 42.7 Å². The average molecular weight is 944 g/mol. The molecule has 2 amide bonds. The summed E-state index contributed by atoms with van der Waals surface area (Å²) in [4.78, 5) is 45.4. The van der Waals surface area contributed by atoms with Crippen molar-refractivity contribution in [2.24, 2.45) is 29.6 Å². The topological polar surface area (TPSA) is 165 Å². The zero-order valence-corrected chi connectivity index (χ0v) is 40.6. The van der Waals surface area contributed by atoms with Crippen LogP contribution in [0.4, 0.5) is 12.0 Å². The second kappa shape index (κ2) is 19.5. The summed E-state index contributed by atoms with van der Waals surface area (Å²) in [5, 5.41) is 17.5. The summed E-state index contributed by atoms with van der Waals surface area (Å²) < 4.78 is 17.2. The molecule has 8 aromatic rings. The zero-order valence-electron chi connectivity index (χ0n) is 39.8. The third-order valence-corrected chi connectivity index (χ3v) is 14.7. The Morgan fingerprint density at radius 1 is 0.725 bits per heavy atom. The molecule has 6 heterocycles. The first kappa shape index (κ1) is 45.6. The summed E-state index contributed by atoms with van der Waals surface area (Å²) in [6.07, 6.45) is 2.81. The molecular formula is C54H57N9O5S. The van der Waals surface area contributed by atoms with E-state index in [-0.39, 0.29) is 23.9 Å². The van der Waals surface area contributed by atoms with Crippen LogP contribution in [-0.4, -0.2) is 91.6 Å². The van der Waals surface area contributed by atoms with E-state index in [9.17, 15) is 9.59 Å². The molecule has 354 valence electrons. The van der Waals surface area contributed by atoms with E-state index in [1.165, 1.54) is 17.8 Å². The Kier molecular flexibility index (Phi) is 12.9. The number of hydrogen-bond donors (Lipinski definition) is 2. The fraction of sp³-hybridized carbons (Fsp3) is 0.352. The van der Waals surface area contributed by atoms with Crippen LogP contribution < -0.4 is 15.4 Å². The lowest BCUT2D eigenvalue weighted by Gasteiger charge is -2.29. The summed E-state index contributed by atoms with van der Waals surface area (Å²) in [5.74, 6) is 2.88. The quantitative estimate of drug-likeness (QED) is 0.119. The first-order valence-corrected chi connectivity index (χ1v) is 25.0. The van der Waals surface area contributed by atoms with Gasteiger partial charge in [0.25, 0.3) is 29.0 Å². The van der Waals surface area contributed by atoms with E-state index >= 15 is 0 Å². The first-order valence-electron chi connectivity index (χ1n) is 24.1. The molecule has 2 saturated carbocycles. The van der Waals surface area contributed by atoms with E-state index in [1.54, 1.807) is 6.20 Å². The van der Waals surface area contributed by atoms with Gasteiger partial charge in [0.2, 0.25) is 0 Å². The van der Waals surface area contributed by atoms with Gasteiger partial charge in [-0.25, -0.2) is 4.98 Å². The predicted molar refractivity (Wildman–Crippen MR) is 269 cm³/mol. The Labute approximate surface area is 405 Å². The molecule has 0 bridgehead atoms. The number of rotatable bonds is 12. The lowest BCUT2D eigenvalue weighted by Crippen LogP contribution is -2.43. The Morgan fingerprint density at radius 2 is 1.32 bits per heavy atom. The number of fused-ring (bicyclic) bond motifs is 4. The van der Waals surface area contributed by atoms with Gasteiger partial charge in [-0.2, -0.15) is 20.2 Å². The number of aryl methyl sites for hydroxylation is 2. The highest BCUT2D eigenvalue weighted by molar-refractivity contribution is 7.11. The first-order chi connectivity index (χ1) is 33.7. The number of nitrogens with zero attached hydrogens (tertiary/aromatic N) is 7. The molecule has 14 nitrogen and oxygen atoms in total. The molecule has 2 aliphatic carbocycles. The molecule has 4 aromatic carbocycles. The molecule has 4 aromatic heterocycles. The number of thiazole rings is 1. The van der Waals surface area contributed by atoms with E-state index in [0.717, 1.165) is 63.2 Å². The van der Waals surface area contributed by atoms with Gasteiger partial charge in [0.05, 0.1) is 30.1 Å². The number of nitrogens with one attached hydrogen (secondary N) is 2. The van der Waals surface area contributed by atoms with Crippen molar-refractivity contribution in [1.82, 2.24) is 34.9 Å². The Bertz CT molecular complexity index is 3050. The summed E-state index contributed by atoms with van der Waals surface area (Å²) in [5.41, 5.74) is 9.79. The van der Waals surface area contributed by atoms with Crippen LogP contribution in [0.1, 0.15) is 66.0 Å². The molecular weight excluding hydrogens is 887 g/mol. The number of benzene rings is 4. The van der Waals surface area contributed by atoms with Crippen LogP contribution in [0.5, 0.6) is 5.19 Å². The summed E-state index contributed by atoms with van der Waals surface area (Å²) in [6, 6.07) is 32.3. The van der Waals surface area contributed by atoms with Gasteiger partial charge in [0.1, 0.15) is 11.0 Å². The molecule has 2 saturated heterocycles. The maximum absolute atomic E-state index is 14.0. The second-order valence-electron chi connectivity index (χ2n) is 18.2. The average Bonchev–Trinajstić information content (AvgIpc) is 3.78. The number of piperidine rings is 2. The maximum Gasteiger partial charge on any atom is 0.295 e. The molecule has 2 N–H and O–H groups in total. The van der Waals surface area contributed by atoms with Crippen molar-refractivity contribution in [1.29, 1.82) is 0 Å². The molecule has 12 rings (SSSR count). The van der Waals surface area contributed by atoms with Crippen LogP contribution >= 0.6 is 11.3 Å². The molecule has 0 spiro atoms. The largest absolute Gasteiger partial charge is 0.470 e. The number of oxazole rings is 2. The Balaban J connectivity index is 0.000000155. The summed E-state index contributed by atoms with van der Waals surface area (Å²) in [6.45, 7) is 15.6. The number of carbonyl (C=O) groups excluding carboxylic acids is 2. The van der Waals surface area contributed by atoms with Crippen LogP contribution in [0.3, 0.4) is 0 Å². The van der Waals surface area contributed by atoms with Gasteiger partial charge >= 0.3 is 0 Å². The molecule has 15 heteroatoms. The minimum absolute atomic E-state index is 0.0471. The van der Waals surface area contributed by atoms with Crippen molar-refractivity contribution in [3.05, 3.63) is 131 Å². The number of aromatic nitrogens is 5. The number of carbonyl (C=O) groups is 2. The van der Waals surface area contributed by atoms with Gasteiger partial charge < -0.3 is 34.0 Å². The van der Waals surface area contributed by atoms with Crippen LogP contribution in [0.15, 0.2) is 117 Å². The molecule has 4 unspecified atom stereocenters. The van der Waals surface area contributed by atoms with Gasteiger partial charge in [0, 0.05) is 60.0 Å². The van der Waals surface area contributed by atoms with E-state index in [1.807, 2.05) is 147 Å². The Hall–Kier alpha value is -7.13. The second-order valence-corrected chi connectivity index (χ2v) is 19.0. The van der Waals surface area contributed by atoms with Crippen LogP contribution in [0, 0.1) is 43.4 Å². The number of likely N-dealkylation sites (tertiary alicyclic amines) is 2. The highest BCUT2D eigenvalue weighted by Gasteiger charge is 2.60. The van der Waals surface area contributed by atoms with E-state index in [4.69, 9.17) is 13.6 Å². The van der Waals surface area contributed by atoms with Crippen LogP contribution in [-0.2, 0) is 0 Å². The lowest BCUT2D eigenvalue weighted by molar-refractivity contribution is 0.0701. The molecule has 69 heavy (non-hydrogen) atoms. The number of amides is 2. The van der Waals surface area contributed by atoms with E-state index < -0.39 is 0 Å². The van der Waals surface area contributed by atoms with Crippen LogP contribution in [0.2, 0.25) is 0 Å². The molecule has 0 radical (unpaired) electrons. The highest BCUT2D eigenvalue weighted by atomic mass is 32.1. The highest BCUT2D eigenvalue weighted by Crippen LogP contribution is 2.55. The van der Waals surface area contributed by atoms with Crippen molar-refractivity contribution in [2.75, 3.05) is 43.4 Å². The van der Waals surface area contributed by atoms with Crippen molar-refractivity contribution in [3.8, 4) is 27.7 Å². The molecule has 4 fully saturated rings. The van der Waals surface area contributed by atoms with E-state index in [0.29, 0.717) is 83.3 Å². The lowest BCUT2D eigenvalue weighted by atomic mass is 9.99. The van der Waals surface area contributed by atoms with Gasteiger partial charge in [-0.05, 0) is 105 Å². The maximum atomic E-state index is 14.0. The fourth-order valence-electron chi connectivity index (χ4n) is 10.3. The number of para-hydroxylation sites is 4. The van der Waals surface area contributed by atoms with Crippen molar-refractivity contribution >= 4 is 57.4 Å². The zero-order chi connectivity index (χ0) is 47.8. The van der Waals surface area contributed by atoms with Crippen molar-refractivity contribution < 1.29 is 23.2 Å². The molecule has 2 aliphatic heterocycles. The van der Waals surface area contributed by atoms with Crippen molar-refractivity contribution in [3.63, 3.8) is 0 Å². The SMILES string of the molecule is CC.CCOc1nc(-c2ccc(C)cc2C(=O)N2CC3C(C)C3[C@H]2CNc2nc3ccccc3o2)cs1.Cc1ccc(-c2cccnn2)c(C(=O)N2CC3C[C@H]3[C@H]2CNc2nc3ccccc3o2)c1. The van der Waals surface area contributed by atoms with Gasteiger partial charge in [-0.3, -0.25) is 9.59 Å². The summed E-state index contributed by atoms with van der Waals surface area (Å²) >= 11 is 1.46. The molecule has 4 aliphatic rings. The number of anilines is 2. The minimum atomic E-state index is 0.0471. The van der Waals surface area contributed by atoms with Gasteiger partial charge in [-0.15, -0.1) is 0 Å². The Morgan fingerprint density at radius 3 is 1.91 bits per heavy atom. The monoisotopic (exact) mass is 943 g/mol. The van der Waals surface area contributed by atoms with Crippen LogP contribution in [0.25, 0.3) is 44.7 Å². The third kappa shape index (κ3) is 9.27. The summed E-state index contributed by atoms with van der Waals surface area (Å²) in [7, 11) is 0.